The number of β-amino-alcohol motifs (C(OH)–C–C–N with tert-alkyl or cyclic N) is 1. The third-order valence-electron chi connectivity index (χ3n) is 7.99. The number of H-pyrrole nitrogens is 2. The minimum atomic E-state index is -0.285. The van der Waals surface area contributed by atoms with Crippen LogP contribution in [0.25, 0.3) is 33.2 Å². The molecule has 5 heterocycles. The Labute approximate surface area is 210 Å². The number of benzene rings is 1. The van der Waals surface area contributed by atoms with Crippen LogP contribution in [0, 0.1) is 0 Å². The Balaban J connectivity index is 1.23. The van der Waals surface area contributed by atoms with Gasteiger partial charge >= 0.3 is 0 Å². The van der Waals surface area contributed by atoms with Crippen LogP contribution in [-0.2, 0) is 4.79 Å². The van der Waals surface area contributed by atoms with Crippen molar-refractivity contribution < 1.29 is 9.90 Å². The summed E-state index contributed by atoms with van der Waals surface area (Å²) in [6.07, 6.45) is 6.12. The van der Waals surface area contributed by atoms with E-state index in [0.29, 0.717) is 24.9 Å². The van der Waals surface area contributed by atoms with Gasteiger partial charge in [-0.2, -0.15) is 5.10 Å². The fraction of sp³-hybridized carbons (Fsp3) is 0.464. The van der Waals surface area contributed by atoms with Gasteiger partial charge in [0.1, 0.15) is 0 Å². The molecule has 0 radical (unpaired) electrons. The van der Waals surface area contributed by atoms with Crippen LogP contribution in [0.3, 0.4) is 0 Å². The summed E-state index contributed by atoms with van der Waals surface area (Å²) in [5.41, 5.74) is 6.87. The quantitative estimate of drug-likeness (QED) is 0.396. The van der Waals surface area contributed by atoms with E-state index in [-0.39, 0.29) is 12.0 Å². The molecule has 188 valence electrons. The first-order valence-corrected chi connectivity index (χ1v) is 13.1. The lowest BCUT2D eigenvalue weighted by molar-refractivity contribution is -0.133. The highest BCUT2D eigenvalue weighted by molar-refractivity contribution is 5.98. The molecule has 2 aliphatic rings. The Kier molecular flexibility index (Phi) is 6.01. The summed E-state index contributed by atoms with van der Waals surface area (Å²) in [6, 6.07) is 8.89. The smallest absolute Gasteiger partial charge is 0.236 e. The predicted octanol–water partition coefficient (Wildman–Crippen LogP) is 4.00. The maximum Gasteiger partial charge on any atom is 0.236 e. The summed E-state index contributed by atoms with van der Waals surface area (Å²) >= 11 is 0. The number of aromatic nitrogens is 4. The molecule has 2 aliphatic heterocycles. The fourth-order valence-corrected chi connectivity index (χ4v) is 6.07. The van der Waals surface area contributed by atoms with Crippen molar-refractivity contribution in [2.24, 2.45) is 0 Å². The molecule has 0 spiro atoms. The number of rotatable bonds is 5. The Morgan fingerprint density at radius 2 is 1.97 bits per heavy atom. The van der Waals surface area contributed by atoms with Gasteiger partial charge in [0.15, 0.2) is 5.65 Å². The molecule has 36 heavy (non-hydrogen) atoms. The van der Waals surface area contributed by atoms with Crippen LogP contribution in [0.2, 0.25) is 0 Å². The molecule has 0 unspecified atom stereocenters. The van der Waals surface area contributed by atoms with Gasteiger partial charge in [-0.15, -0.1) is 0 Å². The molecular formula is C28H34N6O2. The molecule has 0 saturated carbocycles. The van der Waals surface area contributed by atoms with Gasteiger partial charge in [-0.25, -0.2) is 4.98 Å². The van der Waals surface area contributed by atoms with Gasteiger partial charge in [-0.1, -0.05) is 19.9 Å². The number of pyridine rings is 1. The molecule has 3 N–H and O–H groups in total. The first-order chi connectivity index (χ1) is 17.5. The lowest BCUT2D eigenvalue weighted by Gasteiger charge is -2.33. The van der Waals surface area contributed by atoms with Crippen LogP contribution in [-0.4, -0.2) is 79.8 Å². The van der Waals surface area contributed by atoms with Crippen molar-refractivity contribution >= 4 is 27.8 Å². The molecule has 6 rings (SSSR count). The number of nitrogens with one attached hydrogen (secondary N) is 2. The topological polar surface area (TPSA) is 101 Å². The molecule has 2 fully saturated rings. The highest BCUT2D eigenvalue weighted by Gasteiger charge is 2.28. The van der Waals surface area contributed by atoms with Crippen LogP contribution in [0.15, 0.2) is 36.7 Å². The lowest BCUT2D eigenvalue weighted by Crippen LogP contribution is -2.43. The summed E-state index contributed by atoms with van der Waals surface area (Å²) in [7, 11) is 0. The standard InChI is InChI=1S/C28H34N6O2/c1-17(2)26-22-13-19(18-6-11-34(12-7-18)25(36)16-33-10-8-20(35)15-33)3-4-24(22)31-27(26)21-5-9-29-28-23(21)14-30-32-28/h3-5,9,13-14,17-18,20,31,35H,6-8,10-12,15-16H2,1-2H3,(H,29,30,32)/t20-/m1/s1. The second kappa shape index (κ2) is 9.33. The average Bonchev–Trinajstić information content (AvgIpc) is 3.61. The number of aliphatic hydroxyl groups is 1. The van der Waals surface area contributed by atoms with E-state index in [1.165, 1.54) is 16.5 Å². The van der Waals surface area contributed by atoms with E-state index in [4.69, 9.17) is 0 Å². The highest BCUT2D eigenvalue weighted by Crippen LogP contribution is 2.39. The van der Waals surface area contributed by atoms with Gasteiger partial charge in [0.05, 0.1) is 24.5 Å². The average molecular weight is 487 g/mol. The number of likely N-dealkylation sites (tertiary alicyclic amines) is 2. The van der Waals surface area contributed by atoms with E-state index in [0.717, 1.165) is 66.7 Å². The van der Waals surface area contributed by atoms with E-state index in [1.54, 1.807) is 0 Å². The van der Waals surface area contributed by atoms with E-state index in [1.807, 2.05) is 17.3 Å². The van der Waals surface area contributed by atoms with E-state index in [2.05, 4.69) is 63.2 Å². The number of carbonyl (C=O) groups is 1. The molecule has 8 nitrogen and oxygen atoms in total. The van der Waals surface area contributed by atoms with E-state index < -0.39 is 0 Å². The van der Waals surface area contributed by atoms with Crippen molar-refractivity contribution in [3.63, 3.8) is 0 Å². The van der Waals surface area contributed by atoms with Crippen LogP contribution in [0.4, 0.5) is 0 Å². The van der Waals surface area contributed by atoms with Crippen LogP contribution >= 0.6 is 0 Å². The number of amides is 1. The largest absolute Gasteiger partial charge is 0.392 e. The number of aromatic amines is 2. The minimum absolute atomic E-state index is 0.193. The first kappa shape index (κ1) is 23.2. The van der Waals surface area contributed by atoms with Gasteiger partial charge in [-0.05, 0) is 60.4 Å². The summed E-state index contributed by atoms with van der Waals surface area (Å²) in [6.45, 7) is 7.94. The normalized spacial score (nSPS) is 19.8. The van der Waals surface area contributed by atoms with Crippen molar-refractivity contribution in [1.29, 1.82) is 0 Å². The number of aliphatic hydroxyl groups excluding tert-OH is 1. The minimum Gasteiger partial charge on any atom is -0.392 e. The van der Waals surface area contributed by atoms with Gasteiger partial charge in [-0.3, -0.25) is 14.8 Å². The molecule has 1 amide bonds. The molecule has 0 aliphatic carbocycles. The fourth-order valence-electron chi connectivity index (χ4n) is 6.07. The van der Waals surface area contributed by atoms with Crippen molar-refractivity contribution in [3.8, 4) is 11.3 Å². The zero-order chi connectivity index (χ0) is 24.8. The van der Waals surface area contributed by atoms with Gasteiger partial charge in [0.2, 0.25) is 5.91 Å². The molecule has 4 aromatic rings. The Morgan fingerprint density at radius 1 is 1.14 bits per heavy atom. The molecule has 2 saturated heterocycles. The second-order valence-electron chi connectivity index (χ2n) is 10.7. The van der Waals surface area contributed by atoms with Crippen molar-refractivity contribution in [2.75, 3.05) is 32.7 Å². The van der Waals surface area contributed by atoms with Crippen molar-refractivity contribution in [1.82, 2.24) is 30.0 Å². The third kappa shape index (κ3) is 4.18. The summed E-state index contributed by atoms with van der Waals surface area (Å²) in [5, 5.41) is 19.2. The second-order valence-corrected chi connectivity index (χ2v) is 10.7. The Hall–Kier alpha value is -3.23. The SMILES string of the molecule is CC(C)c1c(-c2ccnc3[nH]ncc23)[nH]c2ccc(C3CCN(C(=O)CN4CC[C@@H](O)C4)CC3)cc12. The van der Waals surface area contributed by atoms with E-state index in [9.17, 15) is 9.90 Å². The number of carbonyl (C=O) groups excluding carboxylic acids is 1. The molecule has 0 bridgehead atoms. The van der Waals surface area contributed by atoms with Gasteiger partial charge < -0.3 is 15.0 Å². The van der Waals surface area contributed by atoms with E-state index >= 15 is 0 Å². The molecule has 8 heteroatoms. The zero-order valence-electron chi connectivity index (χ0n) is 21.0. The number of fused-ring (bicyclic) bond motifs is 2. The maximum absolute atomic E-state index is 12.8. The highest BCUT2D eigenvalue weighted by atomic mass is 16.3. The number of nitrogens with zero attached hydrogens (tertiary/aromatic N) is 4. The third-order valence-corrected chi connectivity index (χ3v) is 7.99. The molecule has 3 aromatic heterocycles. The van der Waals surface area contributed by atoms with Crippen LogP contribution in [0.1, 0.15) is 56.1 Å². The maximum atomic E-state index is 12.8. The summed E-state index contributed by atoms with van der Waals surface area (Å²) in [4.78, 5) is 25.0. The van der Waals surface area contributed by atoms with Crippen molar-refractivity contribution in [3.05, 3.63) is 47.8 Å². The summed E-state index contributed by atoms with van der Waals surface area (Å²) in [5.74, 6) is 0.993. The number of hydrogen-bond donors (Lipinski definition) is 3. The predicted molar refractivity (Wildman–Crippen MR) is 141 cm³/mol. The first-order valence-electron chi connectivity index (χ1n) is 13.1. The van der Waals surface area contributed by atoms with Crippen LogP contribution in [0.5, 0.6) is 0 Å². The van der Waals surface area contributed by atoms with Crippen LogP contribution < -0.4 is 0 Å². The van der Waals surface area contributed by atoms with Gasteiger partial charge in [0.25, 0.3) is 0 Å². The van der Waals surface area contributed by atoms with Crippen molar-refractivity contribution in [2.45, 2.75) is 51.0 Å². The zero-order valence-corrected chi connectivity index (χ0v) is 21.0. The number of hydrogen-bond acceptors (Lipinski definition) is 5. The Bertz CT molecular complexity index is 1400. The van der Waals surface area contributed by atoms with Gasteiger partial charge in [0, 0.05) is 54.2 Å². The molecular weight excluding hydrogens is 452 g/mol. The lowest BCUT2D eigenvalue weighted by atomic mass is 9.87. The molecule has 1 aromatic carbocycles. The summed E-state index contributed by atoms with van der Waals surface area (Å²) < 4.78 is 0. The molecule has 1 atom stereocenters. The Morgan fingerprint density at radius 3 is 2.72 bits per heavy atom. The number of piperidine rings is 1. The monoisotopic (exact) mass is 486 g/mol.